The van der Waals surface area contributed by atoms with Gasteiger partial charge in [0.1, 0.15) is 5.75 Å². The summed E-state index contributed by atoms with van der Waals surface area (Å²) in [5.41, 5.74) is 6.22. The van der Waals surface area contributed by atoms with Crippen LogP contribution in [0, 0.1) is 5.92 Å². The molecule has 0 saturated heterocycles. The topological polar surface area (TPSA) is 74.4 Å². The number of methoxy groups -OCH3 is 1. The molecule has 0 spiro atoms. The molecule has 1 aromatic rings. The van der Waals surface area contributed by atoms with E-state index in [0.29, 0.717) is 17.1 Å². The summed E-state index contributed by atoms with van der Waals surface area (Å²) in [4.78, 5) is 11.9. The number of thiocarbonyl (C=S) groups is 1. The van der Waals surface area contributed by atoms with Gasteiger partial charge in [-0.2, -0.15) is 0 Å². The third-order valence-corrected chi connectivity index (χ3v) is 4.51. The van der Waals surface area contributed by atoms with Gasteiger partial charge < -0.3 is 15.4 Å². The van der Waals surface area contributed by atoms with Crippen molar-refractivity contribution >= 4 is 28.9 Å². The normalized spacial score (nSPS) is 19.9. The molecule has 4 N–H and O–H groups in total. The van der Waals surface area contributed by atoms with Crippen LogP contribution in [0.25, 0.3) is 0 Å². The van der Waals surface area contributed by atoms with Crippen molar-refractivity contribution in [2.75, 3.05) is 19.0 Å². The largest absolute Gasteiger partial charge is 0.497 e. The summed E-state index contributed by atoms with van der Waals surface area (Å²) in [6.07, 6.45) is 4.85. The second kappa shape index (κ2) is 9.32. The highest BCUT2D eigenvalue weighted by molar-refractivity contribution is 7.80. The number of nitrogens with one attached hydrogen (secondary N) is 4. The van der Waals surface area contributed by atoms with Crippen LogP contribution in [0.15, 0.2) is 24.3 Å². The van der Waals surface area contributed by atoms with E-state index in [4.69, 9.17) is 17.0 Å². The van der Waals surface area contributed by atoms with Gasteiger partial charge in [0.05, 0.1) is 13.7 Å². The van der Waals surface area contributed by atoms with Crippen LogP contribution in [0.5, 0.6) is 5.75 Å². The van der Waals surface area contributed by atoms with Gasteiger partial charge in [-0.05, 0) is 55.2 Å². The Bertz CT molecular complexity index is 550. The summed E-state index contributed by atoms with van der Waals surface area (Å²) in [6.45, 7) is 2.39. The van der Waals surface area contributed by atoms with E-state index < -0.39 is 0 Å². The highest BCUT2D eigenvalue weighted by atomic mass is 32.1. The predicted octanol–water partition coefficient (Wildman–Crippen LogP) is 2.18. The molecule has 7 heteroatoms. The first-order valence-electron chi connectivity index (χ1n) is 8.31. The molecule has 0 bridgehead atoms. The number of benzene rings is 1. The SMILES string of the molecule is COc1ccc(NCC(=O)NNC(=S)N[C@@H]2CCCC[C@@H]2C)cc1. The second-order valence-electron chi connectivity index (χ2n) is 6.10. The monoisotopic (exact) mass is 350 g/mol. The number of amides is 1. The number of hydrazine groups is 1. The zero-order chi connectivity index (χ0) is 17.4. The number of carbonyl (C=O) groups excluding carboxylic acids is 1. The van der Waals surface area contributed by atoms with Gasteiger partial charge in [0.25, 0.3) is 5.91 Å². The standard InChI is InChI=1S/C17H26N4O2S/c1-12-5-3-4-6-15(12)19-17(24)21-20-16(22)11-18-13-7-9-14(23-2)10-8-13/h7-10,12,15,18H,3-6,11H2,1-2H3,(H,20,22)(H2,19,21,24)/t12-,15+/m0/s1. The molecule has 1 fully saturated rings. The molecule has 1 aromatic carbocycles. The molecule has 0 aromatic heterocycles. The molecule has 0 unspecified atom stereocenters. The van der Waals surface area contributed by atoms with E-state index in [1.54, 1.807) is 7.11 Å². The highest BCUT2D eigenvalue weighted by Gasteiger charge is 2.21. The van der Waals surface area contributed by atoms with Gasteiger partial charge in [-0.25, -0.2) is 0 Å². The molecule has 2 atom stereocenters. The van der Waals surface area contributed by atoms with E-state index in [1.165, 1.54) is 19.3 Å². The van der Waals surface area contributed by atoms with E-state index in [-0.39, 0.29) is 12.5 Å². The maximum atomic E-state index is 11.9. The van der Waals surface area contributed by atoms with Crippen LogP contribution in [0.2, 0.25) is 0 Å². The fourth-order valence-electron chi connectivity index (χ4n) is 2.80. The maximum Gasteiger partial charge on any atom is 0.257 e. The predicted molar refractivity (Wildman–Crippen MR) is 99.9 cm³/mol. The lowest BCUT2D eigenvalue weighted by Crippen LogP contribution is -2.52. The van der Waals surface area contributed by atoms with Crippen molar-refractivity contribution in [1.82, 2.24) is 16.2 Å². The first-order valence-corrected chi connectivity index (χ1v) is 8.72. The molecule has 1 aliphatic carbocycles. The van der Waals surface area contributed by atoms with Gasteiger partial charge in [-0.15, -0.1) is 0 Å². The molecule has 0 radical (unpaired) electrons. The van der Waals surface area contributed by atoms with Crippen molar-refractivity contribution in [3.8, 4) is 5.75 Å². The molecule has 6 nitrogen and oxygen atoms in total. The molecule has 0 aliphatic heterocycles. The zero-order valence-electron chi connectivity index (χ0n) is 14.2. The Morgan fingerprint density at radius 3 is 2.58 bits per heavy atom. The number of anilines is 1. The average molecular weight is 350 g/mol. The molecule has 2 rings (SSSR count). The number of hydrogen-bond donors (Lipinski definition) is 4. The summed E-state index contributed by atoms with van der Waals surface area (Å²) in [5, 5.41) is 6.78. The maximum absolute atomic E-state index is 11.9. The van der Waals surface area contributed by atoms with Gasteiger partial charge in [0.2, 0.25) is 0 Å². The number of rotatable bonds is 5. The third-order valence-electron chi connectivity index (χ3n) is 4.29. The van der Waals surface area contributed by atoms with E-state index in [1.807, 2.05) is 24.3 Å². The molecule has 1 amide bonds. The third kappa shape index (κ3) is 5.88. The quantitative estimate of drug-likeness (QED) is 0.482. The van der Waals surface area contributed by atoms with Gasteiger partial charge in [-0.3, -0.25) is 15.6 Å². The van der Waals surface area contributed by atoms with Gasteiger partial charge in [-0.1, -0.05) is 19.8 Å². The van der Waals surface area contributed by atoms with Crippen LogP contribution >= 0.6 is 12.2 Å². The van der Waals surface area contributed by atoms with E-state index >= 15 is 0 Å². The lowest BCUT2D eigenvalue weighted by molar-refractivity contribution is -0.119. The van der Waals surface area contributed by atoms with Gasteiger partial charge in [0.15, 0.2) is 5.11 Å². The smallest absolute Gasteiger partial charge is 0.257 e. The second-order valence-corrected chi connectivity index (χ2v) is 6.51. The Hall–Kier alpha value is -2.02. The van der Waals surface area contributed by atoms with Crippen molar-refractivity contribution < 1.29 is 9.53 Å². The van der Waals surface area contributed by atoms with Gasteiger partial charge in [0, 0.05) is 11.7 Å². The van der Waals surface area contributed by atoms with Crippen molar-refractivity contribution in [2.24, 2.45) is 5.92 Å². The Balaban J connectivity index is 1.65. The minimum Gasteiger partial charge on any atom is -0.497 e. The molecule has 24 heavy (non-hydrogen) atoms. The van der Waals surface area contributed by atoms with Crippen LogP contribution in [-0.2, 0) is 4.79 Å². The first kappa shape index (κ1) is 18.3. The first-order chi connectivity index (χ1) is 11.6. The molecule has 0 heterocycles. The molecular formula is C17H26N4O2S. The molecular weight excluding hydrogens is 324 g/mol. The van der Waals surface area contributed by atoms with Crippen LogP contribution in [0.1, 0.15) is 32.6 Å². The van der Waals surface area contributed by atoms with E-state index in [0.717, 1.165) is 17.9 Å². The van der Waals surface area contributed by atoms with Crippen molar-refractivity contribution in [1.29, 1.82) is 0 Å². The Morgan fingerprint density at radius 1 is 1.21 bits per heavy atom. The Labute approximate surface area is 148 Å². The van der Waals surface area contributed by atoms with Crippen LogP contribution in [-0.4, -0.2) is 30.7 Å². The van der Waals surface area contributed by atoms with Crippen molar-refractivity contribution in [2.45, 2.75) is 38.6 Å². The fraction of sp³-hybridized carbons (Fsp3) is 0.529. The number of ether oxygens (including phenoxy) is 1. The summed E-state index contributed by atoms with van der Waals surface area (Å²) < 4.78 is 5.09. The Kier molecular flexibility index (Phi) is 7.11. The molecule has 132 valence electrons. The number of carbonyl (C=O) groups is 1. The highest BCUT2D eigenvalue weighted by Crippen LogP contribution is 2.23. The van der Waals surface area contributed by atoms with Crippen molar-refractivity contribution in [3.05, 3.63) is 24.3 Å². The molecule has 1 saturated carbocycles. The van der Waals surface area contributed by atoms with Crippen LogP contribution in [0.4, 0.5) is 5.69 Å². The van der Waals surface area contributed by atoms with Gasteiger partial charge >= 0.3 is 0 Å². The Morgan fingerprint density at radius 2 is 1.92 bits per heavy atom. The molecule has 1 aliphatic rings. The van der Waals surface area contributed by atoms with Crippen molar-refractivity contribution in [3.63, 3.8) is 0 Å². The lowest BCUT2D eigenvalue weighted by Gasteiger charge is -2.30. The average Bonchev–Trinajstić information content (AvgIpc) is 2.60. The zero-order valence-corrected chi connectivity index (χ0v) is 15.0. The summed E-state index contributed by atoms with van der Waals surface area (Å²) in [6, 6.07) is 7.77. The number of hydrogen-bond acceptors (Lipinski definition) is 4. The van der Waals surface area contributed by atoms with E-state index in [2.05, 4.69) is 28.4 Å². The lowest BCUT2D eigenvalue weighted by atomic mass is 9.86. The van der Waals surface area contributed by atoms with Crippen LogP contribution < -0.4 is 26.2 Å². The minimum absolute atomic E-state index is 0.155. The summed E-state index contributed by atoms with van der Waals surface area (Å²) in [7, 11) is 1.62. The minimum atomic E-state index is -0.188. The van der Waals surface area contributed by atoms with Crippen LogP contribution in [0.3, 0.4) is 0 Å². The van der Waals surface area contributed by atoms with E-state index in [9.17, 15) is 4.79 Å². The summed E-state index contributed by atoms with van der Waals surface area (Å²) in [5.74, 6) is 1.19. The summed E-state index contributed by atoms with van der Waals surface area (Å²) >= 11 is 5.24. The fourth-order valence-corrected chi connectivity index (χ4v) is 3.00.